The van der Waals surface area contributed by atoms with Crippen molar-refractivity contribution in [2.45, 2.75) is 19.3 Å². The van der Waals surface area contributed by atoms with Crippen LogP contribution in [0.1, 0.15) is 27.9 Å². The Bertz CT molecular complexity index is 646. The Hall–Kier alpha value is -2.30. The first-order chi connectivity index (χ1) is 9.20. The molecule has 3 rings (SSSR count). The number of carbonyl (C=O) groups excluding carboxylic acids is 1. The highest BCUT2D eigenvalue weighted by molar-refractivity contribution is 6.00. The summed E-state index contributed by atoms with van der Waals surface area (Å²) in [5.74, 6) is -0.545. The number of nitrogens with zero attached hydrogens (tertiary/aromatic N) is 1. The molecule has 1 aliphatic carbocycles. The summed E-state index contributed by atoms with van der Waals surface area (Å²) >= 11 is 0. The first kappa shape index (κ1) is 11.8. The van der Waals surface area contributed by atoms with E-state index in [-0.39, 0.29) is 11.4 Å². The fourth-order valence-electron chi connectivity index (χ4n) is 2.52. The number of carbonyl (C=O) groups is 1. The van der Waals surface area contributed by atoms with Crippen molar-refractivity contribution in [2.75, 3.05) is 12.8 Å². The van der Waals surface area contributed by atoms with E-state index < -0.39 is 5.97 Å². The van der Waals surface area contributed by atoms with Gasteiger partial charge in [-0.2, -0.15) is 0 Å². The van der Waals surface area contributed by atoms with E-state index in [0.29, 0.717) is 5.69 Å². The first-order valence-electron chi connectivity index (χ1n) is 6.16. The molecule has 98 valence electrons. The highest BCUT2D eigenvalue weighted by atomic mass is 16.5. The largest absolute Gasteiger partial charge is 0.465 e. The molecule has 0 aliphatic heterocycles. The van der Waals surface area contributed by atoms with Crippen LogP contribution in [0, 0.1) is 0 Å². The van der Waals surface area contributed by atoms with Crippen LogP contribution in [0.15, 0.2) is 22.7 Å². The van der Waals surface area contributed by atoms with Crippen LogP contribution < -0.4 is 5.73 Å². The number of aromatic nitrogens is 1. The Morgan fingerprint density at radius 3 is 2.95 bits per heavy atom. The summed E-state index contributed by atoms with van der Waals surface area (Å²) in [6.45, 7) is 0. The van der Waals surface area contributed by atoms with Gasteiger partial charge in [0, 0.05) is 5.56 Å². The number of anilines is 1. The number of nitrogen functional groups attached to an aromatic ring is 1. The van der Waals surface area contributed by atoms with Crippen LogP contribution in [-0.2, 0) is 17.6 Å². The molecular weight excluding hydrogens is 244 g/mol. The Labute approximate surface area is 110 Å². The monoisotopic (exact) mass is 258 g/mol. The van der Waals surface area contributed by atoms with Crippen LogP contribution in [0.5, 0.6) is 0 Å². The fourth-order valence-corrected chi connectivity index (χ4v) is 2.52. The molecule has 2 N–H and O–H groups in total. The van der Waals surface area contributed by atoms with E-state index >= 15 is 0 Å². The lowest BCUT2D eigenvalue weighted by Crippen LogP contribution is -2.05. The molecule has 0 saturated carbocycles. The van der Waals surface area contributed by atoms with Crippen LogP contribution in [0.3, 0.4) is 0 Å². The van der Waals surface area contributed by atoms with E-state index in [2.05, 4.69) is 11.2 Å². The molecule has 5 nitrogen and oxygen atoms in total. The van der Waals surface area contributed by atoms with Crippen LogP contribution in [0.2, 0.25) is 0 Å². The minimum absolute atomic E-state index is 0.0117. The van der Waals surface area contributed by atoms with Crippen molar-refractivity contribution in [3.8, 4) is 11.3 Å². The van der Waals surface area contributed by atoms with Gasteiger partial charge in [0.1, 0.15) is 5.69 Å². The van der Waals surface area contributed by atoms with Crippen LogP contribution in [0.4, 0.5) is 5.88 Å². The van der Waals surface area contributed by atoms with Gasteiger partial charge in [-0.3, -0.25) is 0 Å². The minimum atomic E-state index is -0.533. The van der Waals surface area contributed by atoms with E-state index in [1.54, 1.807) is 0 Å². The number of nitrogens with two attached hydrogens (primary N) is 1. The van der Waals surface area contributed by atoms with Gasteiger partial charge in [-0.05, 0) is 36.5 Å². The van der Waals surface area contributed by atoms with Crippen LogP contribution >= 0.6 is 0 Å². The molecule has 1 heterocycles. The summed E-state index contributed by atoms with van der Waals surface area (Å²) < 4.78 is 9.63. The molecule has 1 aromatic heterocycles. The maximum atomic E-state index is 11.7. The third kappa shape index (κ3) is 1.87. The van der Waals surface area contributed by atoms with Crippen molar-refractivity contribution < 1.29 is 14.1 Å². The van der Waals surface area contributed by atoms with E-state index in [9.17, 15) is 4.79 Å². The number of hydrogen-bond acceptors (Lipinski definition) is 5. The molecule has 0 amide bonds. The van der Waals surface area contributed by atoms with Crippen molar-refractivity contribution >= 4 is 11.9 Å². The zero-order valence-electron chi connectivity index (χ0n) is 10.6. The summed E-state index contributed by atoms with van der Waals surface area (Å²) in [5.41, 5.74) is 9.77. The number of benzene rings is 1. The number of ether oxygens (including phenoxy) is 1. The minimum Gasteiger partial charge on any atom is -0.465 e. The molecule has 0 unspecified atom stereocenters. The summed E-state index contributed by atoms with van der Waals surface area (Å²) in [4.78, 5) is 11.7. The Balaban J connectivity index is 2.10. The fraction of sp³-hybridized carbons (Fsp3) is 0.286. The van der Waals surface area contributed by atoms with E-state index in [4.69, 9.17) is 15.0 Å². The average molecular weight is 258 g/mol. The number of fused-ring (bicyclic) bond motifs is 1. The van der Waals surface area contributed by atoms with Gasteiger partial charge in [0.2, 0.25) is 5.88 Å². The van der Waals surface area contributed by atoms with Crippen LogP contribution in [0.25, 0.3) is 11.3 Å². The third-order valence-corrected chi connectivity index (χ3v) is 3.48. The maximum absolute atomic E-state index is 11.7. The summed E-state index contributed by atoms with van der Waals surface area (Å²) in [6, 6.07) is 6.06. The molecule has 1 aromatic carbocycles. The molecule has 0 saturated heterocycles. The molecule has 0 spiro atoms. The van der Waals surface area contributed by atoms with Crippen molar-refractivity contribution in [3.63, 3.8) is 0 Å². The van der Waals surface area contributed by atoms with Gasteiger partial charge < -0.3 is 15.0 Å². The van der Waals surface area contributed by atoms with Crippen molar-refractivity contribution in [3.05, 3.63) is 34.9 Å². The smallest absolute Gasteiger partial charge is 0.345 e. The number of hydrogen-bond donors (Lipinski definition) is 1. The van der Waals surface area contributed by atoms with Gasteiger partial charge in [0.25, 0.3) is 0 Å². The summed E-state index contributed by atoms with van der Waals surface area (Å²) in [6.07, 6.45) is 3.34. The Kier molecular flexibility index (Phi) is 2.74. The highest BCUT2D eigenvalue weighted by Gasteiger charge is 2.24. The Morgan fingerprint density at radius 1 is 1.37 bits per heavy atom. The number of methoxy groups -OCH3 is 1. The van der Waals surface area contributed by atoms with Gasteiger partial charge in [0.15, 0.2) is 5.56 Å². The molecule has 0 radical (unpaired) electrons. The predicted molar refractivity (Wildman–Crippen MR) is 69.7 cm³/mol. The summed E-state index contributed by atoms with van der Waals surface area (Å²) in [5, 5.41) is 3.88. The van der Waals surface area contributed by atoms with Gasteiger partial charge in [-0.15, -0.1) is 0 Å². The zero-order valence-corrected chi connectivity index (χ0v) is 10.6. The molecule has 5 heteroatoms. The number of rotatable bonds is 2. The van der Waals surface area contributed by atoms with E-state index in [1.807, 2.05) is 12.1 Å². The predicted octanol–water partition coefficient (Wildman–Crippen LogP) is 2.20. The standard InChI is InChI=1S/C14H14N2O3/c1-18-14(17)11-12(16-19-13(11)15)10-6-5-8-3-2-4-9(8)7-10/h5-7H,2-4,15H2,1H3. The molecular formula is C14H14N2O3. The van der Waals surface area contributed by atoms with Gasteiger partial charge in [0.05, 0.1) is 7.11 Å². The molecule has 0 bridgehead atoms. The normalized spacial score (nSPS) is 13.3. The quantitative estimate of drug-likeness (QED) is 0.835. The molecule has 2 aromatic rings. The zero-order chi connectivity index (χ0) is 13.4. The maximum Gasteiger partial charge on any atom is 0.345 e. The van der Waals surface area contributed by atoms with Crippen molar-refractivity contribution in [1.82, 2.24) is 5.16 Å². The second-order valence-electron chi connectivity index (χ2n) is 4.60. The second-order valence-corrected chi connectivity index (χ2v) is 4.60. The molecule has 0 atom stereocenters. The van der Waals surface area contributed by atoms with Crippen LogP contribution in [-0.4, -0.2) is 18.2 Å². The Morgan fingerprint density at radius 2 is 2.16 bits per heavy atom. The number of aryl methyl sites for hydroxylation is 2. The molecule has 19 heavy (non-hydrogen) atoms. The lowest BCUT2D eigenvalue weighted by Gasteiger charge is -2.04. The molecule has 0 fully saturated rings. The van der Waals surface area contributed by atoms with Gasteiger partial charge in [-0.25, -0.2) is 4.79 Å². The van der Waals surface area contributed by atoms with Gasteiger partial charge in [-0.1, -0.05) is 17.3 Å². The lowest BCUT2D eigenvalue weighted by molar-refractivity contribution is 0.0602. The highest BCUT2D eigenvalue weighted by Crippen LogP contribution is 2.31. The van der Waals surface area contributed by atoms with E-state index in [0.717, 1.165) is 18.4 Å². The first-order valence-corrected chi connectivity index (χ1v) is 6.16. The van der Waals surface area contributed by atoms with Crippen molar-refractivity contribution in [1.29, 1.82) is 0 Å². The third-order valence-electron chi connectivity index (χ3n) is 3.48. The lowest BCUT2D eigenvalue weighted by atomic mass is 10.0. The van der Waals surface area contributed by atoms with Gasteiger partial charge >= 0.3 is 5.97 Å². The molecule has 1 aliphatic rings. The number of esters is 1. The summed E-state index contributed by atoms with van der Waals surface area (Å²) in [7, 11) is 1.31. The second kappa shape index (κ2) is 4.42. The van der Waals surface area contributed by atoms with E-state index in [1.165, 1.54) is 24.7 Å². The topological polar surface area (TPSA) is 78.3 Å². The SMILES string of the molecule is COC(=O)c1c(-c2ccc3c(c2)CCC3)noc1N. The van der Waals surface area contributed by atoms with Crippen molar-refractivity contribution in [2.24, 2.45) is 0 Å². The average Bonchev–Trinajstić information content (AvgIpc) is 3.03.